The highest BCUT2D eigenvalue weighted by Gasteiger charge is 2.16. The van der Waals surface area contributed by atoms with E-state index in [4.69, 9.17) is 11.6 Å². The number of nitrogens with one attached hydrogen (secondary N) is 1. The SMILES string of the molecule is Cc1cnc(C(=O)N(C)CC(=O)Nc2ccc(Cl)cc2)cn1. The van der Waals surface area contributed by atoms with Gasteiger partial charge in [0.1, 0.15) is 5.69 Å². The molecule has 1 N–H and O–H groups in total. The summed E-state index contributed by atoms with van der Waals surface area (Å²) in [6.45, 7) is 1.70. The predicted molar refractivity (Wildman–Crippen MR) is 83.8 cm³/mol. The number of anilines is 1. The van der Waals surface area contributed by atoms with Gasteiger partial charge in [-0.15, -0.1) is 0 Å². The van der Waals surface area contributed by atoms with Gasteiger partial charge in [-0.1, -0.05) is 11.6 Å². The lowest BCUT2D eigenvalue weighted by Crippen LogP contribution is -2.35. The molecule has 0 aliphatic rings. The summed E-state index contributed by atoms with van der Waals surface area (Å²) in [5.41, 5.74) is 1.54. The normalized spacial score (nSPS) is 10.1. The second-order valence-corrected chi connectivity index (χ2v) is 5.20. The Hall–Kier alpha value is -2.47. The fourth-order valence-electron chi connectivity index (χ4n) is 1.72. The van der Waals surface area contributed by atoms with E-state index >= 15 is 0 Å². The summed E-state index contributed by atoms with van der Waals surface area (Å²) < 4.78 is 0. The predicted octanol–water partition coefficient (Wildman–Crippen LogP) is 2.15. The number of benzene rings is 1. The van der Waals surface area contributed by atoms with Gasteiger partial charge in [0.25, 0.3) is 5.91 Å². The summed E-state index contributed by atoms with van der Waals surface area (Å²) in [6.07, 6.45) is 2.90. The molecule has 0 spiro atoms. The Morgan fingerprint density at radius 3 is 2.45 bits per heavy atom. The number of nitrogens with zero attached hydrogens (tertiary/aromatic N) is 3. The van der Waals surface area contributed by atoms with Crippen LogP contribution >= 0.6 is 11.6 Å². The molecule has 1 aromatic heterocycles. The zero-order chi connectivity index (χ0) is 16.1. The second-order valence-electron chi connectivity index (χ2n) is 4.76. The van der Waals surface area contributed by atoms with E-state index in [1.807, 2.05) is 0 Å². The minimum Gasteiger partial charge on any atom is -0.331 e. The van der Waals surface area contributed by atoms with Crippen LogP contribution in [0, 0.1) is 6.92 Å². The standard InChI is InChI=1S/C15H15ClN4O2/c1-10-7-18-13(8-17-10)15(22)20(2)9-14(21)19-12-5-3-11(16)4-6-12/h3-8H,9H2,1-2H3,(H,19,21). The molecule has 6 nitrogen and oxygen atoms in total. The van der Waals surface area contributed by atoms with Gasteiger partial charge in [-0.3, -0.25) is 14.6 Å². The van der Waals surface area contributed by atoms with Crippen molar-refractivity contribution in [2.75, 3.05) is 18.9 Å². The third-order valence-electron chi connectivity index (χ3n) is 2.86. The number of hydrogen-bond donors (Lipinski definition) is 1. The van der Waals surface area contributed by atoms with Crippen LogP contribution < -0.4 is 5.32 Å². The first-order chi connectivity index (χ1) is 10.5. The van der Waals surface area contributed by atoms with Crippen molar-refractivity contribution < 1.29 is 9.59 Å². The zero-order valence-electron chi connectivity index (χ0n) is 12.2. The average Bonchev–Trinajstić information content (AvgIpc) is 2.49. The van der Waals surface area contributed by atoms with E-state index in [2.05, 4.69) is 15.3 Å². The lowest BCUT2D eigenvalue weighted by molar-refractivity contribution is -0.116. The molecule has 0 saturated carbocycles. The van der Waals surface area contributed by atoms with E-state index in [1.54, 1.807) is 31.2 Å². The Labute approximate surface area is 133 Å². The largest absolute Gasteiger partial charge is 0.331 e. The molecule has 0 aliphatic carbocycles. The Bertz CT molecular complexity index is 671. The highest BCUT2D eigenvalue weighted by Crippen LogP contribution is 2.13. The molecule has 0 radical (unpaired) electrons. The number of hydrogen-bond acceptors (Lipinski definition) is 4. The third-order valence-corrected chi connectivity index (χ3v) is 3.11. The highest BCUT2D eigenvalue weighted by atomic mass is 35.5. The van der Waals surface area contributed by atoms with E-state index in [9.17, 15) is 9.59 Å². The minimum atomic E-state index is -0.362. The van der Waals surface area contributed by atoms with Crippen LogP contribution in [-0.2, 0) is 4.79 Å². The van der Waals surface area contributed by atoms with Crippen molar-refractivity contribution in [3.05, 3.63) is 53.1 Å². The van der Waals surface area contributed by atoms with Crippen LogP contribution in [0.25, 0.3) is 0 Å². The zero-order valence-corrected chi connectivity index (χ0v) is 13.0. The number of amides is 2. The summed E-state index contributed by atoms with van der Waals surface area (Å²) in [7, 11) is 1.53. The van der Waals surface area contributed by atoms with Crippen LogP contribution in [0.2, 0.25) is 5.02 Å². The summed E-state index contributed by atoms with van der Waals surface area (Å²) in [5, 5.41) is 3.27. The van der Waals surface area contributed by atoms with E-state index in [1.165, 1.54) is 24.3 Å². The molecule has 2 aromatic rings. The topological polar surface area (TPSA) is 75.2 Å². The molecule has 114 valence electrons. The lowest BCUT2D eigenvalue weighted by atomic mass is 10.3. The van der Waals surface area contributed by atoms with Crippen LogP contribution in [0.1, 0.15) is 16.2 Å². The maximum absolute atomic E-state index is 12.1. The fourth-order valence-corrected chi connectivity index (χ4v) is 1.85. The van der Waals surface area contributed by atoms with Crippen molar-refractivity contribution in [2.24, 2.45) is 0 Å². The molecular weight excluding hydrogens is 304 g/mol. The molecule has 0 fully saturated rings. The molecule has 0 aliphatic heterocycles. The number of aryl methyl sites for hydroxylation is 1. The summed E-state index contributed by atoms with van der Waals surface area (Å²) in [5.74, 6) is -0.669. The van der Waals surface area contributed by atoms with Crippen molar-refractivity contribution in [1.29, 1.82) is 0 Å². The Morgan fingerprint density at radius 1 is 1.18 bits per heavy atom. The number of halogens is 1. The smallest absolute Gasteiger partial charge is 0.274 e. The van der Waals surface area contributed by atoms with Crippen molar-refractivity contribution in [3.63, 3.8) is 0 Å². The van der Waals surface area contributed by atoms with Gasteiger partial charge < -0.3 is 10.2 Å². The molecule has 0 saturated heterocycles. The molecule has 0 unspecified atom stereocenters. The molecule has 0 bridgehead atoms. The maximum atomic E-state index is 12.1. The minimum absolute atomic E-state index is 0.0863. The fraction of sp³-hybridized carbons (Fsp3) is 0.200. The lowest BCUT2D eigenvalue weighted by Gasteiger charge is -2.16. The summed E-state index contributed by atoms with van der Waals surface area (Å²) >= 11 is 5.77. The Morgan fingerprint density at radius 2 is 1.86 bits per heavy atom. The van der Waals surface area contributed by atoms with Gasteiger partial charge in [0.05, 0.1) is 18.4 Å². The number of aromatic nitrogens is 2. The molecule has 1 heterocycles. The number of rotatable bonds is 4. The van der Waals surface area contributed by atoms with Gasteiger partial charge >= 0.3 is 0 Å². The second kappa shape index (κ2) is 7.00. The van der Waals surface area contributed by atoms with Crippen molar-refractivity contribution in [3.8, 4) is 0 Å². The van der Waals surface area contributed by atoms with Gasteiger partial charge in [-0.2, -0.15) is 0 Å². The molecule has 1 aromatic carbocycles. The molecule has 2 rings (SSSR count). The first-order valence-corrected chi connectivity index (χ1v) is 6.93. The average molecular weight is 319 g/mol. The van der Waals surface area contributed by atoms with E-state index in [-0.39, 0.29) is 24.1 Å². The van der Waals surface area contributed by atoms with Crippen LogP contribution in [0.4, 0.5) is 5.69 Å². The number of carbonyl (C=O) groups excluding carboxylic acids is 2. The van der Waals surface area contributed by atoms with Crippen molar-refractivity contribution in [2.45, 2.75) is 6.92 Å². The van der Waals surface area contributed by atoms with Crippen LogP contribution in [0.15, 0.2) is 36.7 Å². The monoisotopic (exact) mass is 318 g/mol. The van der Waals surface area contributed by atoms with Gasteiger partial charge in [-0.05, 0) is 31.2 Å². The van der Waals surface area contributed by atoms with Gasteiger partial charge in [0.2, 0.25) is 5.91 Å². The number of likely N-dealkylation sites (N-methyl/N-ethyl adjacent to an activating group) is 1. The van der Waals surface area contributed by atoms with Crippen LogP contribution in [0.3, 0.4) is 0 Å². The Kier molecular flexibility index (Phi) is 5.06. The third kappa shape index (κ3) is 4.26. The molecule has 7 heteroatoms. The quantitative estimate of drug-likeness (QED) is 0.937. The number of carbonyl (C=O) groups is 2. The van der Waals surface area contributed by atoms with Gasteiger partial charge in [-0.25, -0.2) is 4.98 Å². The van der Waals surface area contributed by atoms with Gasteiger partial charge in [0.15, 0.2) is 0 Å². The molecule has 0 atom stereocenters. The van der Waals surface area contributed by atoms with Gasteiger partial charge in [0, 0.05) is 24.0 Å². The van der Waals surface area contributed by atoms with Crippen molar-refractivity contribution in [1.82, 2.24) is 14.9 Å². The molecule has 2 amide bonds. The maximum Gasteiger partial charge on any atom is 0.274 e. The van der Waals surface area contributed by atoms with Crippen molar-refractivity contribution >= 4 is 29.1 Å². The van der Waals surface area contributed by atoms with E-state index < -0.39 is 0 Å². The van der Waals surface area contributed by atoms with E-state index in [0.717, 1.165) is 5.69 Å². The molecular formula is C15H15ClN4O2. The van der Waals surface area contributed by atoms with E-state index in [0.29, 0.717) is 10.7 Å². The highest BCUT2D eigenvalue weighted by molar-refractivity contribution is 6.30. The first kappa shape index (κ1) is 15.9. The van der Waals surface area contributed by atoms with Crippen LogP contribution in [-0.4, -0.2) is 40.3 Å². The summed E-state index contributed by atoms with van der Waals surface area (Å²) in [4.78, 5) is 33.3. The molecule has 22 heavy (non-hydrogen) atoms. The van der Waals surface area contributed by atoms with Crippen LogP contribution in [0.5, 0.6) is 0 Å². The first-order valence-electron chi connectivity index (χ1n) is 6.55. The summed E-state index contributed by atoms with van der Waals surface area (Å²) in [6, 6.07) is 6.73. The Balaban J connectivity index is 1.94.